The van der Waals surface area contributed by atoms with E-state index in [-0.39, 0.29) is 11.0 Å². The number of carbonyl (C=O) groups is 1. The second kappa shape index (κ2) is 4.61. The topological polar surface area (TPSA) is 17.1 Å². The van der Waals surface area contributed by atoms with E-state index < -0.39 is 12.3 Å². The molecule has 0 heterocycles. The van der Waals surface area contributed by atoms with E-state index in [1.54, 1.807) is 0 Å². The first-order valence-electron chi connectivity index (χ1n) is 1.92. The van der Waals surface area contributed by atoms with Crippen LogP contribution in [0.3, 0.4) is 0 Å². The molecule has 1 nitrogen and oxygen atoms in total. The molecule has 0 aliphatic carbocycles. The van der Waals surface area contributed by atoms with Gasteiger partial charge in [0.05, 0.1) is 5.92 Å². The molecule has 0 rings (SSSR count). The third-order valence-electron chi connectivity index (χ3n) is 0.612. The summed E-state index contributed by atoms with van der Waals surface area (Å²) >= 11 is 0. The maximum Gasteiger partial charge on any atom is 0.247 e. The normalized spacial score (nSPS) is 12.5. The van der Waals surface area contributed by atoms with Crippen molar-refractivity contribution in [1.29, 1.82) is 0 Å². The minimum absolute atomic E-state index is 0. The second-order valence-electron chi connectivity index (χ2n) is 1.33. The molecule has 0 spiro atoms. The summed E-state index contributed by atoms with van der Waals surface area (Å²) in [6.07, 6.45) is -2.26. The number of hydrogen-bond donors (Lipinski definition) is 0. The lowest BCUT2D eigenvalue weighted by Crippen LogP contribution is -2.06. The van der Waals surface area contributed by atoms with Gasteiger partial charge in [-0.05, 0) is 0 Å². The fraction of sp³-hybridized carbons (Fsp3) is 0.750. The van der Waals surface area contributed by atoms with Gasteiger partial charge in [0.1, 0.15) is 6.29 Å². The summed E-state index contributed by atoms with van der Waals surface area (Å²) in [5, 5.41) is 0. The Morgan fingerprint density at radius 3 is 1.88 bits per heavy atom. The number of halogens is 3. The van der Waals surface area contributed by atoms with Crippen molar-refractivity contribution in [3.8, 4) is 0 Å². The van der Waals surface area contributed by atoms with Gasteiger partial charge in [-0.15, -0.1) is 0 Å². The first-order chi connectivity index (χ1) is 3.18. The van der Waals surface area contributed by atoms with Crippen molar-refractivity contribution >= 4 is 6.29 Å². The summed E-state index contributed by atoms with van der Waals surface area (Å²) < 4.78 is 22.4. The Bertz CT molecular complexity index is 64.3. The van der Waals surface area contributed by atoms with Gasteiger partial charge in [-0.3, -0.25) is 4.70 Å². The highest BCUT2D eigenvalue weighted by molar-refractivity contribution is 5.53. The molecule has 1 atom stereocenters. The Balaban J connectivity index is 0. The van der Waals surface area contributed by atoms with Crippen LogP contribution in [0.1, 0.15) is 6.92 Å². The molecule has 50 valence electrons. The predicted molar refractivity (Wildman–Crippen MR) is 23.7 cm³/mol. The highest BCUT2D eigenvalue weighted by Gasteiger charge is 2.11. The van der Waals surface area contributed by atoms with E-state index in [9.17, 15) is 13.6 Å². The van der Waals surface area contributed by atoms with Crippen LogP contribution in [0.25, 0.3) is 0 Å². The van der Waals surface area contributed by atoms with Crippen molar-refractivity contribution < 1.29 is 18.3 Å². The quantitative estimate of drug-likeness (QED) is 0.511. The summed E-state index contributed by atoms with van der Waals surface area (Å²) in [4.78, 5) is 9.47. The van der Waals surface area contributed by atoms with Gasteiger partial charge in [0.2, 0.25) is 6.43 Å². The fourth-order valence-electron chi connectivity index (χ4n) is 0.0594. The van der Waals surface area contributed by atoms with Crippen molar-refractivity contribution in [3.05, 3.63) is 0 Å². The molecule has 1 unspecified atom stereocenters. The van der Waals surface area contributed by atoms with E-state index in [2.05, 4.69) is 0 Å². The van der Waals surface area contributed by atoms with Gasteiger partial charge < -0.3 is 4.79 Å². The second-order valence-corrected chi connectivity index (χ2v) is 1.33. The minimum atomic E-state index is -2.50. The molecule has 0 N–H and O–H groups in total. The van der Waals surface area contributed by atoms with E-state index >= 15 is 0 Å². The molecular weight excluding hydrogens is 121 g/mol. The third kappa shape index (κ3) is 3.64. The Morgan fingerprint density at radius 2 is 1.88 bits per heavy atom. The SMILES string of the molecule is CC(C=O)C(F)F.F. The summed E-state index contributed by atoms with van der Waals surface area (Å²) in [6.45, 7) is 1.18. The first kappa shape index (κ1) is 10.4. The van der Waals surface area contributed by atoms with Gasteiger partial charge in [-0.2, -0.15) is 0 Å². The molecule has 0 saturated carbocycles. The van der Waals surface area contributed by atoms with Crippen LogP contribution in [-0.4, -0.2) is 12.7 Å². The molecule has 0 radical (unpaired) electrons. The van der Waals surface area contributed by atoms with Crippen LogP contribution in [0.2, 0.25) is 0 Å². The lowest BCUT2D eigenvalue weighted by molar-refractivity contribution is -0.114. The monoisotopic (exact) mass is 128 g/mol. The maximum atomic E-state index is 11.2. The van der Waals surface area contributed by atoms with Gasteiger partial charge >= 0.3 is 0 Å². The smallest absolute Gasteiger partial charge is 0.247 e. The Kier molecular flexibility index (Phi) is 6.02. The van der Waals surface area contributed by atoms with Crippen LogP contribution in [0.4, 0.5) is 13.5 Å². The van der Waals surface area contributed by atoms with Crippen LogP contribution in [0.5, 0.6) is 0 Å². The highest BCUT2D eigenvalue weighted by Crippen LogP contribution is 2.03. The van der Waals surface area contributed by atoms with Crippen molar-refractivity contribution in [2.45, 2.75) is 13.3 Å². The molecular formula is C4H7F3O. The number of hydrogen-bond acceptors (Lipinski definition) is 1. The minimum Gasteiger partial charge on any atom is -0.303 e. The van der Waals surface area contributed by atoms with E-state index in [1.165, 1.54) is 6.92 Å². The molecule has 0 bridgehead atoms. The maximum absolute atomic E-state index is 11.2. The Morgan fingerprint density at radius 1 is 1.50 bits per heavy atom. The van der Waals surface area contributed by atoms with E-state index in [1.807, 2.05) is 0 Å². The molecule has 0 aromatic rings. The van der Waals surface area contributed by atoms with Gasteiger partial charge in [-0.1, -0.05) is 6.92 Å². The highest BCUT2D eigenvalue weighted by atomic mass is 19.3. The number of rotatable bonds is 2. The summed E-state index contributed by atoms with van der Waals surface area (Å²) in [5.74, 6) is -1.11. The fourth-order valence-corrected chi connectivity index (χ4v) is 0.0594. The van der Waals surface area contributed by atoms with Crippen LogP contribution in [0, 0.1) is 5.92 Å². The van der Waals surface area contributed by atoms with E-state index in [4.69, 9.17) is 0 Å². The summed E-state index contributed by atoms with van der Waals surface area (Å²) in [6, 6.07) is 0. The number of carbonyl (C=O) groups excluding carboxylic acids is 1. The Labute approximate surface area is 45.1 Å². The van der Waals surface area contributed by atoms with Crippen molar-refractivity contribution in [2.75, 3.05) is 0 Å². The third-order valence-corrected chi connectivity index (χ3v) is 0.612. The first-order valence-corrected chi connectivity index (χ1v) is 1.92. The summed E-state index contributed by atoms with van der Waals surface area (Å²) in [5.41, 5.74) is 0. The van der Waals surface area contributed by atoms with Gasteiger partial charge in [0, 0.05) is 0 Å². The summed E-state index contributed by atoms with van der Waals surface area (Å²) in [7, 11) is 0. The van der Waals surface area contributed by atoms with E-state index in [0.29, 0.717) is 0 Å². The van der Waals surface area contributed by atoms with E-state index in [0.717, 1.165) is 0 Å². The van der Waals surface area contributed by atoms with Crippen LogP contribution < -0.4 is 0 Å². The number of aldehydes is 1. The Hall–Kier alpha value is -0.540. The van der Waals surface area contributed by atoms with Crippen LogP contribution in [0.15, 0.2) is 0 Å². The molecule has 0 aliphatic rings. The standard InChI is InChI=1S/C4H6F2O.FH/c1-3(2-7)4(5)6;/h2-4H,1H3;1H. The molecule has 0 aromatic carbocycles. The van der Waals surface area contributed by atoms with Crippen molar-refractivity contribution in [3.63, 3.8) is 0 Å². The van der Waals surface area contributed by atoms with Gasteiger partial charge in [0.15, 0.2) is 0 Å². The lowest BCUT2D eigenvalue weighted by Gasteiger charge is -1.96. The molecule has 0 aromatic heterocycles. The van der Waals surface area contributed by atoms with Gasteiger partial charge in [-0.25, -0.2) is 8.78 Å². The van der Waals surface area contributed by atoms with Crippen LogP contribution in [-0.2, 0) is 4.79 Å². The zero-order valence-electron chi connectivity index (χ0n) is 4.30. The lowest BCUT2D eigenvalue weighted by atomic mass is 10.2. The zero-order valence-corrected chi connectivity index (χ0v) is 4.30. The van der Waals surface area contributed by atoms with Gasteiger partial charge in [0.25, 0.3) is 0 Å². The average Bonchev–Trinajstić information content (AvgIpc) is 1.65. The molecule has 0 amide bonds. The predicted octanol–water partition coefficient (Wildman–Crippen LogP) is 1.24. The zero-order chi connectivity index (χ0) is 5.86. The van der Waals surface area contributed by atoms with Crippen LogP contribution >= 0.6 is 0 Å². The molecule has 0 fully saturated rings. The largest absolute Gasteiger partial charge is 0.303 e. The molecule has 0 saturated heterocycles. The molecule has 4 heteroatoms. The van der Waals surface area contributed by atoms with Crippen molar-refractivity contribution in [1.82, 2.24) is 0 Å². The number of alkyl halides is 2. The molecule has 0 aliphatic heterocycles. The average molecular weight is 128 g/mol. The molecule has 8 heavy (non-hydrogen) atoms. The van der Waals surface area contributed by atoms with Crippen molar-refractivity contribution in [2.24, 2.45) is 5.92 Å².